The van der Waals surface area contributed by atoms with Gasteiger partial charge in [0.05, 0.1) is 0 Å². The van der Waals surface area contributed by atoms with Gasteiger partial charge in [0.2, 0.25) is 0 Å². The van der Waals surface area contributed by atoms with Gasteiger partial charge in [0, 0.05) is 23.1 Å². The molecule has 1 aromatic carbocycles. The fourth-order valence-electron chi connectivity index (χ4n) is 4.77. The number of H-pyrrole nitrogens is 1. The Balaban J connectivity index is 2.02. The summed E-state index contributed by atoms with van der Waals surface area (Å²) in [5, 5.41) is 4.79. The van der Waals surface area contributed by atoms with E-state index in [0.29, 0.717) is 16.6 Å². The molecule has 2 heterocycles. The lowest BCUT2D eigenvalue weighted by molar-refractivity contribution is 0.480. The molecule has 0 radical (unpaired) electrons. The molecule has 0 bridgehead atoms. The number of rotatable bonds is 5. The van der Waals surface area contributed by atoms with E-state index >= 15 is 0 Å². The van der Waals surface area contributed by atoms with Crippen molar-refractivity contribution < 1.29 is 4.43 Å². The second-order valence-electron chi connectivity index (χ2n) is 8.14. The van der Waals surface area contributed by atoms with E-state index in [1.165, 1.54) is 22.2 Å². The summed E-state index contributed by atoms with van der Waals surface area (Å²) in [4.78, 5) is 3.57. The van der Waals surface area contributed by atoms with Gasteiger partial charge >= 0.3 is 0 Å². The number of hydrogen-bond acceptors (Lipinski definition) is 2. The summed E-state index contributed by atoms with van der Waals surface area (Å²) < 4.78 is 6.86. The van der Waals surface area contributed by atoms with Crippen LogP contribution in [0.5, 0.6) is 5.75 Å². The summed E-state index contributed by atoms with van der Waals surface area (Å²) in [6.07, 6.45) is 1.10. The molecule has 0 amide bonds. The van der Waals surface area contributed by atoms with Crippen molar-refractivity contribution in [3.8, 4) is 5.75 Å². The zero-order valence-corrected chi connectivity index (χ0v) is 17.0. The van der Waals surface area contributed by atoms with Crippen LogP contribution in [-0.2, 0) is 13.0 Å². The van der Waals surface area contributed by atoms with Crippen LogP contribution in [0.25, 0.3) is 10.9 Å². The van der Waals surface area contributed by atoms with Gasteiger partial charge in [-0.2, -0.15) is 0 Å². The summed E-state index contributed by atoms with van der Waals surface area (Å²) in [6, 6.07) is 6.64. The molecule has 0 unspecified atom stereocenters. The fourth-order valence-corrected chi connectivity index (χ4v) is 10.0. The van der Waals surface area contributed by atoms with Crippen LogP contribution >= 0.6 is 0 Å². The summed E-state index contributed by atoms with van der Waals surface area (Å²) >= 11 is 0. The Kier molecular flexibility index (Phi) is 4.80. The number of benzene rings is 1. The Morgan fingerprint density at radius 2 is 1.67 bits per heavy atom. The van der Waals surface area contributed by atoms with Gasteiger partial charge in [-0.15, -0.1) is 0 Å². The maximum Gasteiger partial charge on any atom is 0.258 e. The average Bonchev–Trinajstić information content (AvgIpc) is 2.89. The average molecular weight is 345 g/mol. The van der Waals surface area contributed by atoms with Crippen molar-refractivity contribution in [2.75, 3.05) is 6.54 Å². The zero-order chi connectivity index (χ0) is 17.5. The van der Waals surface area contributed by atoms with Gasteiger partial charge in [0.1, 0.15) is 5.75 Å². The van der Waals surface area contributed by atoms with Crippen LogP contribution in [0.2, 0.25) is 16.6 Å². The molecule has 1 aliphatic rings. The number of aromatic nitrogens is 1. The molecular formula is C20H32N2OSi. The predicted molar refractivity (Wildman–Crippen MR) is 105 cm³/mol. The van der Waals surface area contributed by atoms with E-state index in [1.54, 1.807) is 0 Å². The van der Waals surface area contributed by atoms with Crippen LogP contribution in [0.3, 0.4) is 0 Å². The first-order chi connectivity index (χ1) is 11.4. The lowest BCUT2D eigenvalue weighted by atomic mass is 10.0. The Labute approximate surface area is 147 Å². The van der Waals surface area contributed by atoms with Crippen LogP contribution in [0.15, 0.2) is 18.2 Å². The van der Waals surface area contributed by atoms with Gasteiger partial charge in [-0.1, -0.05) is 41.5 Å². The molecular weight excluding hydrogens is 312 g/mol. The second kappa shape index (κ2) is 6.56. The zero-order valence-electron chi connectivity index (χ0n) is 16.0. The lowest BCUT2D eigenvalue weighted by Crippen LogP contribution is -2.50. The number of aromatic amines is 1. The topological polar surface area (TPSA) is 37.0 Å². The Hall–Kier alpha value is -1.26. The summed E-state index contributed by atoms with van der Waals surface area (Å²) in [5.41, 5.74) is 5.84. The van der Waals surface area contributed by atoms with Crippen molar-refractivity contribution in [1.29, 1.82) is 0 Å². The maximum absolute atomic E-state index is 6.86. The number of hydrogen-bond donors (Lipinski definition) is 2. The van der Waals surface area contributed by atoms with Crippen molar-refractivity contribution in [3.63, 3.8) is 0 Å². The normalized spacial score (nSPS) is 15.5. The minimum atomic E-state index is -1.89. The minimum Gasteiger partial charge on any atom is -0.543 e. The SMILES string of the molecule is CC(C)[Si](Oc1ccc2[nH]c3c(c2c1)CCNC3)(C(C)C)C(C)C. The molecule has 2 N–H and O–H groups in total. The largest absolute Gasteiger partial charge is 0.543 e. The molecule has 0 spiro atoms. The van der Waals surface area contributed by atoms with Crippen LogP contribution in [0, 0.1) is 0 Å². The van der Waals surface area contributed by atoms with E-state index in [4.69, 9.17) is 4.43 Å². The van der Waals surface area contributed by atoms with Crippen LogP contribution < -0.4 is 9.74 Å². The van der Waals surface area contributed by atoms with Gasteiger partial charge in [-0.3, -0.25) is 0 Å². The van der Waals surface area contributed by atoms with E-state index in [-0.39, 0.29) is 0 Å². The van der Waals surface area contributed by atoms with Gasteiger partial charge in [0.25, 0.3) is 8.32 Å². The molecule has 132 valence electrons. The third-order valence-electron chi connectivity index (χ3n) is 5.82. The quantitative estimate of drug-likeness (QED) is 0.716. The molecule has 1 aliphatic heterocycles. The lowest BCUT2D eigenvalue weighted by Gasteiger charge is -2.42. The van der Waals surface area contributed by atoms with E-state index in [1.807, 2.05) is 0 Å². The fraction of sp³-hybridized carbons (Fsp3) is 0.600. The first-order valence-electron chi connectivity index (χ1n) is 9.39. The molecule has 4 heteroatoms. The highest BCUT2D eigenvalue weighted by Crippen LogP contribution is 2.43. The molecule has 0 fully saturated rings. The van der Waals surface area contributed by atoms with Gasteiger partial charge < -0.3 is 14.7 Å². The summed E-state index contributed by atoms with van der Waals surface area (Å²) in [6.45, 7) is 16.1. The summed E-state index contributed by atoms with van der Waals surface area (Å²) in [5.74, 6) is 1.06. The van der Waals surface area contributed by atoms with Crippen molar-refractivity contribution in [2.45, 2.75) is 71.1 Å². The van der Waals surface area contributed by atoms with Gasteiger partial charge in [-0.25, -0.2) is 0 Å². The smallest absolute Gasteiger partial charge is 0.258 e. The third-order valence-corrected chi connectivity index (χ3v) is 11.8. The monoisotopic (exact) mass is 344 g/mol. The van der Waals surface area contributed by atoms with E-state index in [9.17, 15) is 0 Å². The Morgan fingerprint density at radius 1 is 1.00 bits per heavy atom. The standard InChI is InChI=1S/C20H32N2OSi/c1-13(2)24(14(3)4,15(5)6)23-16-7-8-19-18(11-16)17-9-10-21-12-20(17)22-19/h7-8,11,13-15,21-22H,9-10,12H2,1-6H3. The molecule has 2 aromatic rings. The molecule has 3 nitrogen and oxygen atoms in total. The predicted octanol–water partition coefficient (Wildman–Crippen LogP) is 5.37. The molecule has 24 heavy (non-hydrogen) atoms. The Morgan fingerprint density at radius 3 is 2.29 bits per heavy atom. The van der Waals surface area contributed by atoms with E-state index < -0.39 is 8.32 Å². The molecule has 0 saturated heterocycles. The highest BCUT2D eigenvalue weighted by atomic mass is 28.4. The minimum absolute atomic E-state index is 0.595. The van der Waals surface area contributed by atoms with Crippen LogP contribution in [-0.4, -0.2) is 19.8 Å². The van der Waals surface area contributed by atoms with Crippen molar-refractivity contribution in [1.82, 2.24) is 10.3 Å². The van der Waals surface area contributed by atoms with Crippen LogP contribution in [0.1, 0.15) is 52.8 Å². The third kappa shape index (κ3) is 2.80. The van der Waals surface area contributed by atoms with Crippen molar-refractivity contribution in [2.24, 2.45) is 0 Å². The van der Waals surface area contributed by atoms with E-state index in [0.717, 1.165) is 25.3 Å². The van der Waals surface area contributed by atoms with Gasteiger partial charge in [-0.05, 0) is 53.4 Å². The first-order valence-corrected chi connectivity index (χ1v) is 11.5. The first kappa shape index (κ1) is 17.6. The molecule has 0 atom stereocenters. The van der Waals surface area contributed by atoms with Crippen molar-refractivity contribution >= 4 is 19.2 Å². The molecule has 1 aromatic heterocycles. The maximum atomic E-state index is 6.86. The molecule has 3 rings (SSSR count). The number of nitrogens with one attached hydrogen (secondary N) is 2. The van der Waals surface area contributed by atoms with Crippen LogP contribution in [0.4, 0.5) is 0 Å². The highest BCUT2D eigenvalue weighted by molar-refractivity contribution is 6.78. The van der Waals surface area contributed by atoms with Gasteiger partial charge in [0.15, 0.2) is 0 Å². The van der Waals surface area contributed by atoms with Crippen molar-refractivity contribution in [3.05, 3.63) is 29.5 Å². The molecule has 0 saturated carbocycles. The highest BCUT2D eigenvalue weighted by Gasteiger charge is 2.47. The second-order valence-corrected chi connectivity index (χ2v) is 13.5. The van der Waals surface area contributed by atoms with E-state index in [2.05, 4.69) is 70.0 Å². The number of fused-ring (bicyclic) bond motifs is 3. The Bertz CT molecular complexity index is 696. The summed E-state index contributed by atoms with van der Waals surface area (Å²) in [7, 11) is -1.89. The molecule has 0 aliphatic carbocycles.